The highest BCUT2D eigenvalue weighted by Crippen LogP contribution is 2.17. The molecule has 1 aromatic carbocycles. The molecule has 0 saturated carbocycles. The molecule has 2 N–H and O–H groups in total. The smallest absolute Gasteiger partial charge is 0.191 e. The zero-order chi connectivity index (χ0) is 14.9. The van der Waals surface area contributed by atoms with E-state index in [0.717, 1.165) is 22.7 Å². The summed E-state index contributed by atoms with van der Waals surface area (Å²) in [5, 5.41) is 10.7. The fourth-order valence-corrected chi connectivity index (χ4v) is 2.74. The fraction of sp³-hybridized carbons (Fsp3) is 0.267. The second-order valence-corrected chi connectivity index (χ2v) is 5.99. The number of ether oxygens (including phenoxy) is 1. The maximum Gasteiger partial charge on any atom is 0.191 e. The first-order valence-electron chi connectivity index (χ1n) is 6.62. The van der Waals surface area contributed by atoms with Crippen LogP contribution >= 0.6 is 27.3 Å². The summed E-state index contributed by atoms with van der Waals surface area (Å²) in [4.78, 5) is 4.18. The number of nitrogens with zero attached hydrogens (tertiary/aromatic N) is 1. The molecule has 0 bridgehead atoms. The van der Waals surface area contributed by atoms with Crippen molar-refractivity contribution in [1.29, 1.82) is 0 Å². The van der Waals surface area contributed by atoms with E-state index in [1.54, 1.807) is 18.4 Å². The van der Waals surface area contributed by atoms with Gasteiger partial charge in [-0.3, -0.25) is 4.99 Å². The van der Waals surface area contributed by atoms with Crippen molar-refractivity contribution in [3.8, 4) is 5.75 Å². The molecule has 0 spiro atoms. The van der Waals surface area contributed by atoms with Gasteiger partial charge in [0.2, 0.25) is 0 Å². The lowest BCUT2D eigenvalue weighted by Crippen LogP contribution is -2.38. The van der Waals surface area contributed by atoms with Crippen LogP contribution in [0.15, 0.2) is 50.6 Å². The van der Waals surface area contributed by atoms with Gasteiger partial charge in [0.05, 0.1) is 6.54 Å². The molecule has 0 aliphatic rings. The van der Waals surface area contributed by atoms with Gasteiger partial charge < -0.3 is 15.4 Å². The van der Waals surface area contributed by atoms with E-state index in [9.17, 15) is 0 Å². The predicted octanol–water partition coefficient (Wildman–Crippen LogP) is 3.25. The average molecular weight is 368 g/mol. The molecule has 0 amide bonds. The highest BCUT2D eigenvalue weighted by atomic mass is 79.9. The molecule has 0 aliphatic heterocycles. The second kappa shape index (κ2) is 8.69. The molecule has 0 fully saturated rings. The Hall–Kier alpha value is -1.53. The minimum Gasteiger partial charge on any atom is -0.492 e. The highest BCUT2D eigenvalue weighted by molar-refractivity contribution is 9.10. The Morgan fingerprint density at radius 3 is 2.95 bits per heavy atom. The van der Waals surface area contributed by atoms with Crippen LogP contribution in [0.5, 0.6) is 5.75 Å². The Labute approximate surface area is 137 Å². The van der Waals surface area contributed by atoms with Gasteiger partial charge in [0.1, 0.15) is 12.4 Å². The molecule has 6 heteroatoms. The van der Waals surface area contributed by atoms with Gasteiger partial charge >= 0.3 is 0 Å². The Morgan fingerprint density at radius 1 is 1.33 bits per heavy atom. The van der Waals surface area contributed by atoms with Crippen LogP contribution in [0.25, 0.3) is 0 Å². The van der Waals surface area contributed by atoms with E-state index in [-0.39, 0.29) is 0 Å². The molecule has 0 unspecified atom stereocenters. The Kier molecular flexibility index (Phi) is 6.56. The van der Waals surface area contributed by atoms with Crippen molar-refractivity contribution in [1.82, 2.24) is 10.6 Å². The Morgan fingerprint density at radius 2 is 2.24 bits per heavy atom. The number of halogens is 1. The van der Waals surface area contributed by atoms with E-state index < -0.39 is 0 Å². The molecule has 112 valence electrons. The molecule has 0 saturated heterocycles. The summed E-state index contributed by atoms with van der Waals surface area (Å²) in [5.41, 5.74) is 1.26. The number of guanidine groups is 1. The van der Waals surface area contributed by atoms with Gasteiger partial charge in [0, 0.05) is 18.1 Å². The van der Waals surface area contributed by atoms with Crippen molar-refractivity contribution >= 4 is 33.2 Å². The molecule has 4 nitrogen and oxygen atoms in total. The van der Waals surface area contributed by atoms with Crippen LogP contribution in [0.3, 0.4) is 0 Å². The van der Waals surface area contributed by atoms with Crippen molar-refractivity contribution < 1.29 is 4.74 Å². The summed E-state index contributed by atoms with van der Waals surface area (Å²) in [7, 11) is 1.76. The third-order valence-corrected chi connectivity index (χ3v) is 3.95. The van der Waals surface area contributed by atoms with E-state index in [4.69, 9.17) is 4.74 Å². The molecule has 1 aromatic heterocycles. The largest absolute Gasteiger partial charge is 0.492 e. The zero-order valence-electron chi connectivity index (χ0n) is 11.8. The van der Waals surface area contributed by atoms with Crippen LogP contribution in [0, 0.1) is 0 Å². The number of hydrogen-bond donors (Lipinski definition) is 2. The van der Waals surface area contributed by atoms with Crippen LogP contribution in [-0.2, 0) is 6.54 Å². The van der Waals surface area contributed by atoms with Gasteiger partial charge in [-0.1, -0.05) is 22.0 Å². The van der Waals surface area contributed by atoms with Gasteiger partial charge in [-0.25, -0.2) is 0 Å². The standard InChI is InChI=1S/C15H18BrN3OS/c1-17-15(19-10-12-5-8-21-11-12)18-6-7-20-14-4-2-3-13(16)9-14/h2-5,8-9,11H,6-7,10H2,1H3,(H2,17,18,19). The molecule has 21 heavy (non-hydrogen) atoms. The molecule has 0 radical (unpaired) electrons. The molecule has 1 heterocycles. The number of nitrogens with one attached hydrogen (secondary N) is 2. The van der Waals surface area contributed by atoms with Crippen molar-refractivity contribution in [2.24, 2.45) is 4.99 Å². The lowest BCUT2D eigenvalue weighted by atomic mass is 10.3. The van der Waals surface area contributed by atoms with Crippen LogP contribution in [0.2, 0.25) is 0 Å². The maximum absolute atomic E-state index is 5.66. The lowest BCUT2D eigenvalue weighted by Gasteiger charge is -2.12. The first kappa shape index (κ1) is 15.9. The SMILES string of the molecule is CN=C(NCCOc1cccc(Br)c1)NCc1ccsc1. The Bertz CT molecular complexity index is 572. The molecular formula is C15H18BrN3OS. The van der Waals surface area contributed by atoms with Crippen LogP contribution in [0.1, 0.15) is 5.56 Å². The maximum atomic E-state index is 5.66. The third-order valence-electron chi connectivity index (χ3n) is 2.72. The minimum absolute atomic E-state index is 0.579. The number of benzene rings is 1. The number of aliphatic imine (C=N–C) groups is 1. The molecule has 0 aliphatic carbocycles. The van der Waals surface area contributed by atoms with E-state index in [0.29, 0.717) is 13.2 Å². The van der Waals surface area contributed by atoms with Crippen molar-refractivity contribution in [3.05, 3.63) is 51.1 Å². The molecule has 2 rings (SSSR count). The van der Waals surface area contributed by atoms with Crippen molar-refractivity contribution in [2.45, 2.75) is 6.54 Å². The average Bonchev–Trinajstić information content (AvgIpc) is 3.00. The van der Waals surface area contributed by atoms with Crippen LogP contribution in [-0.4, -0.2) is 26.2 Å². The van der Waals surface area contributed by atoms with E-state index in [1.165, 1.54) is 5.56 Å². The highest BCUT2D eigenvalue weighted by Gasteiger charge is 1.99. The number of hydrogen-bond acceptors (Lipinski definition) is 3. The topological polar surface area (TPSA) is 45.7 Å². The fourth-order valence-electron chi connectivity index (χ4n) is 1.69. The van der Waals surface area contributed by atoms with Crippen molar-refractivity contribution in [2.75, 3.05) is 20.2 Å². The summed E-state index contributed by atoms with van der Waals surface area (Å²) >= 11 is 5.12. The van der Waals surface area contributed by atoms with E-state index >= 15 is 0 Å². The van der Waals surface area contributed by atoms with Gasteiger partial charge in [-0.05, 0) is 40.6 Å². The summed E-state index contributed by atoms with van der Waals surface area (Å²) in [6.45, 7) is 2.04. The molecular weight excluding hydrogens is 350 g/mol. The van der Waals surface area contributed by atoms with E-state index in [2.05, 4.69) is 48.4 Å². The third kappa shape index (κ3) is 5.77. The minimum atomic E-state index is 0.579. The summed E-state index contributed by atoms with van der Waals surface area (Å²) in [6, 6.07) is 9.91. The Balaban J connectivity index is 1.66. The normalized spacial score (nSPS) is 11.2. The van der Waals surface area contributed by atoms with Crippen LogP contribution in [0.4, 0.5) is 0 Å². The zero-order valence-corrected chi connectivity index (χ0v) is 14.2. The summed E-state index contributed by atoms with van der Waals surface area (Å²) < 4.78 is 6.67. The monoisotopic (exact) mass is 367 g/mol. The first-order chi connectivity index (χ1) is 10.3. The summed E-state index contributed by atoms with van der Waals surface area (Å²) in [6.07, 6.45) is 0. The van der Waals surface area contributed by atoms with Gasteiger partial charge in [-0.2, -0.15) is 11.3 Å². The first-order valence-corrected chi connectivity index (χ1v) is 8.35. The lowest BCUT2D eigenvalue weighted by molar-refractivity contribution is 0.321. The van der Waals surface area contributed by atoms with Gasteiger partial charge in [0.25, 0.3) is 0 Å². The quantitative estimate of drug-likeness (QED) is 0.467. The van der Waals surface area contributed by atoms with E-state index in [1.807, 2.05) is 24.3 Å². The van der Waals surface area contributed by atoms with Gasteiger partial charge in [0.15, 0.2) is 5.96 Å². The summed E-state index contributed by atoms with van der Waals surface area (Å²) in [5.74, 6) is 1.63. The second-order valence-electron chi connectivity index (χ2n) is 4.29. The van der Waals surface area contributed by atoms with Crippen LogP contribution < -0.4 is 15.4 Å². The molecule has 0 atom stereocenters. The number of rotatable bonds is 6. The van der Waals surface area contributed by atoms with Crippen molar-refractivity contribution in [3.63, 3.8) is 0 Å². The number of thiophene rings is 1. The predicted molar refractivity (Wildman–Crippen MR) is 92.2 cm³/mol. The van der Waals surface area contributed by atoms with Gasteiger partial charge in [-0.15, -0.1) is 0 Å². The molecule has 2 aromatic rings.